The van der Waals surface area contributed by atoms with Crippen molar-refractivity contribution in [3.63, 3.8) is 0 Å². The Bertz CT molecular complexity index is 1040. The van der Waals surface area contributed by atoms with Crippen LogP contribution in [0.1, 0.15) is 50.0 Å². The van der Waals surface area contributed by atoms with Crippen LogP contribution in [-0.2, 0) is 0 Å². The first-order chi connectivity index (χ1) is 15.3. The van der Waals surface area contributed by atoms with Gasteiger partial charge in [-0.05, 0) is 48.2 Å². The molecule has 0 aliphatic rings. The number of halogens is 3. The van der Waals surface area contributed by atoms with E-state index in [1.165, 1.54) is 24.4 Å². The summed E-state index contributed by atoms with van der Waals surface area (Å²) in [4.78, 5) is 17.0. The minimum atomic E-state index is -4.76. The van der Waals surface area contributed by atoms with E-state index in [2.05, 4.69) is 28.9 Å². The van der Waals surface area contributed by atoms with Crippen LogP contribution in [0.2, 0.25) is 0 Å². The number of nitrogens with zero attached hydrogens (tertiary/aromatic N) is 2. The molecule has 1 amide bonds. The number of imidazole rings is 1. The Kier molecular flexibility index (Phi) is 7.56. The third-order valence-corrected chi connectivity index (χ3v) is 5.01. The quantitative estimate of drug-likeness (QED) is 0.431. The lowest BCUT2D eigenvalue weighted by atomic mass is 10.0. The van der Waals surface area contributed by atoms with Crippen molar-refractivity contribution < 1.29 is 22.7 Å². The second-order valence-electron chi connectivity index (χ2n) is 7.52. The largest absolute Gasteiger partial charge is 0.573 e. The van der Waals surface area contributed by atoms with Crippen molar-refractivity contribution >= 4 is 5.91 Å². The fourth-order valence-electron chi connectivity index (χ4n) is 3.62. The summed E-state index contributed by atoms with van der Waals surface area (Å²) in [5.74, 6) is -0.499. The monoisotopic (exact) mass is 445 g/mol. The van der Waals surface area contributed by atoms with Crippen molar-refractivity contribution in [1.29, 1.82) is 0 Å². The summed E-state index contributed by atoms with van der Waals surface area (Å²) in [6.07, 6.45) is 2.05. The molecule has 1 aromatic heterocycles. The highest BCUT2D eigenvalue weighted by Gasteiger charge is 2.31. The number of aromatic nitrogens is 2. The summed E-state index contributed by atoms with van der Waals surface area (Å²) < 4.78 is 43.4. The van der Waals surface area contributed by atoms with Gasteiger partial charge >= 0.3 is 6.36 Å². The minimum absolute atomic E-state index is 0.101. The summed E-state index contributed by atoms with van der Waals surface area (Å²) in [5, 5.41) is 3.08. The van der Waals surface area contributed by atoms with Gasteiger partial charge in [0.25, 0.3) is 5.91 Å². The molecule has 1 heterocycles. The number of ether oxygens (including phenoxy) is 1. The van der Waals surface area contributed by atoms with Gasteiger partial charge < -0.3 is 10.1 Å². The molecule has 0 aliphatic heterocycles. The molecule has 5 nitrogen and oxygen atoms in total. The van der Waals surface area contributed by atoms with Crippen LogP contribution in [-0.4, -0.2) is 27.9 Å². The Morgan fingerprint density at radius 3 is 2.38 bits per heavy atom. The third kappa shape index (κ3) is 6.12. The zero-order chi connectivity index (χ0) is 23.1. The van der Waals surface area contributed by atoms with Gasteiger partial charge in [-0.25, -0.2) is 4.98 Å². The molecule has 32 heavy (non-hydrogen) atoms. The molecule has 0 spiro atoms. The number of rotatable bonds is 9. The topological polar surface area (TPSA) is 56.2 Å². The summed E-state index contributed by atoms with van der Waals surface area (Å²) in [6.45, 7) is 4.17. The van der Waals surface area contributed by atoms with Crippen LogP contribution in [0, 0.1) is 0 Å². The normalized spacial score (nSPS) is 11.6. The molecule has 8 heteroatoms. The van der Waals surface area contributed by atoms with Gasteiger partial charge in [-0.15, -0.1) is 13.2 Å². The molecule has 0 saturated heterocycles. The van der Waals surface area contributed by atoms with Crippen LogP contribution in [0.25, 0.3) is 16.8 Å². The van der Waals surface area contributed by atoms with E-state index in [0.717, 1.165) is 25.7 Å². The first kappa shape index (κ1) is 23.4. The van der Waals surface area contributed by atoms with Gasteiger partial charge in [0, 0.05) is 11.7 Å². The predicted octanol–water partition coefficient (Wildman–Crippen LogP) is 6.14. The van der Waals surface area contributed by atoms with Gasteiger partial charge in [0.1, 0.15) is 11.4 Å². The average Bonchev–Trinajstić information content (AvgIpc) is 3.23. The molecule has 0 radical (unpaired) electrons. The van der Waals surface area contributed by atoms with Crippen molar-refractivity contribution in [3.8, 4) is 22.6 Å². The lowest BCUT2D eigenvalue weighted by Gasteiger charge is -2.18. The highest BCUT2D eigenvalue weighted by atomic mass is 19.4. The fraction of sp³-hybridized carbons (Fsp3) is 0.333. The van der Waals surface area contributed by atoms with Crippen LogP contribution in [0.5, 0.6) is 5.75 Å². The summed E-state index contributed by atoms with van der Waals surface area (Å²) in [5.41, 5.74) is 2.32. The fourth-order valence-corrected chi connectivity index (χ4v) is 3.62. The van der Waals surface area contributed by atoms with E-state index in [0.29, 0.717) is 22.5 Å². The van der Waals surface area contributed by atoms with E-state index in [9.17, 15) is 18.0 Å². The SMILES string of the molecule is CCCC(CCC)NC(=O)c1cncn1-c1cccc(-c2cccc(OC(F)(F)F)c2)c1. The zero-order valence-electron chi connectivity index (χ0n) is 18.0. The third-order valence-electron chi connectivity index (χ3n) is 5.01. The number of carbonyl (C=O) groups is 1. The first-order valence-corrected chi connectivity index (χ1v) is 10.6. The summed E-state index contributed by atoms with van der Waals surface area (Å²) in [6, 6.07) is 13.0. The lowest BCUT2D eigenvalue weighted by molar-refractivity contribution is -0.274. The van der Waals surface area contributed by atoms with Crippen LogP contribution >= 0.6 is 0 Å². The highest BCUT2D eigenvalue weighted by Crippen LogP contribution is 2.29. The summed E-state index contributed by atoms with van der Waals surface area (Å²) in [7, 11) is 0. The zero-order valence-corrected chi connectivity index (χ0v) is 18.0. The summed E-state index contributed by atoms with van der Waals surface area (Å²) >= 11 is 0. The smallest absolute Gasteiger partial charge is 0.406 e. The second kappa shape index (κ2) is 10.3. The van der Waals surface area contributed by atoms with E-state index in [1.807, 2.05) is 6.07 Å². The van der Waals surface area contributed by atoms with Crippen molar-refractivity contribution in [3.05, 3.63) is 66.7 Å². The molecule has 170 valence electrons. The number of carbonyl (C=O) groups excluding carboxylic acids is 1. The van der Waals surface area contributed by atoms with E-state index in [-0.39, 0.29) is 17.7 Å². The number of hydrogen-bond donors (Lipinski definition) is 1. The molecule has 0 aliphatic carbocycles. The highest BCUT2D eigenvalue weighted by molar-refractivity contribution is 5.93. The number of amides is 1. The van der Waals surface area contributed by atoms with Crippen molar-refractivity contribution in [2.75, 3.05) is 0 Å². The van der Waals surface area contributed by atoms with Crippen LogP contribution in [0.15, 0.2) is 61.1 Å². The van der Waals surface area contributed by atoms with Crippen molar-refractivity contribution in [1.82, 2.24) is 14.9 Å². The molecule has 3 aromatic rings. The Morgan fingerprint density at radius 2 is 1.72 bits per heavy atom. The van der Waals surface area contributed by atoms with E-state index in [1.54, 1.807) is 35.2 Å². The first-order valence-electron chi connectivity index (χ1n) is 10.6. The lowest BCUT2D eigenvalue weighted by Crippen LogP contribution is -2.35. The van der Waals surface area contributed by atoms with Gasteiger partial charge in [-0.2, -0.15) is 0 Å². The number of alkyl halides is 3. The second-order valence-corrected chi connectivity index (χ2v) is 7.52. The predicted molar refractivity (Wildman–Crippen MR) is 117 cm³/mol. The molecular weight excluding hydrogens is 419 g/mol. The Morgan fingerprint density at radius 1 is 1.06 bits per heavy atom. The van der Waals surface area contributed by atoms with Crippen LogP contribution in [0.3, 0.4) is 0 Å². The standard InChI is InChI=1S/C24H26F3N3O2/c1-3-7-19(8-4-2)29-23(31)22-15-28-16-30(22)20-11-5-9-17(13-20)18-10-6-12-21(14-18)32-24(25,26)27/h5-6,9-16,19H,3-4,7-8H2,1-2H3,(H,29,31). The molecule has 0 bridgehead atoms. The maximum atomic E-state index is 12.9. The molecule has 0 atom stereocenters. The van der Waals surface area contributed by atoms with E-state index in [4.69, 9.17) is 0 Å². The Balaban J connectivity index is 1.86. The van der Waals surface area contributed by atoms with Gasteiger partial charge in [0.15, 0.2) is 0 Å². The minimum Gasteiger partial charge on any atom is -0.406 e. The molecule has 2 aromatic carbocycles. The van der Waals surface area contributed by atoms with Gasteiger partial charge in [0.2, 0.25) is 0 Å². The number of hydrogen-bond acceptors (Lipinski definition) is 3. The van der Waals surface area contributed by atoms with Gasteiger partial charge in [0.05, 0.1) is 12.5 Å². The maximum absolute atomic E-state index is 12.9. The molecule has 0 fully saturated rings. The van der Waals surface area contributed by atoms with Crippen molar-refractivity contribution in [2.24, 2.45) is 0 Å². The van der Waals surface area contributed by atoms with Gasteiger partial charge in [-0.1, -0.05) is 51.0 Å². The van der Waals surface area contributed by atoms with Crippen LogP contribution < -0.4 is 10.1 Å². The van der Waals surface area contributed by atoms with E-state index >= 15 is 0 Å². The van der Waals surface area contributed by atoms with Gasteiger partial charge in [-0.3, -0.25) is 9.36 Å². The number of benzene rings is 2. The molecular formula is C24H26F3N3O2. The van der Waals surface area contributed by atoms with Crippen molar-refractivity contribution in [2.45, 2.75) is 51.9 Å². The molecule has 3 rings (SSSR count). The van der Waals surface area contributed by atoms with E-state index < -0.39 is 6.36 Å². The maximum Gasteiger partial charge on any atom is 0.573 e. The molecule has 0 unspecified atom stereocenters. The van der Waals surface area contributed by atoms with Crippen LogP contribution in [0.4, 0.5) is 13.2 Å². The molecule has 1 N–H and O–H groups in total. The average molecular weight is 445 g/mol. The Labute approximate surface area is 185 Å². The number of nitrogens with one attached hydrogen (secondary N) is 1. The Hall–Kier alpha value is -3.29. The molecule has 0 saturated carbocycles.